The molecule has 3 unspecified atom stereocenters. The summed E-state index contributed by atoms with van der Waals surface area (Å²) in [6, 6.07) is 0.173. The molecule has 2 amide bonds. The Morgan fingerprint density at radius 1 is 1.39 bits per heavy atom. The highest BCUT2D eigenvalue weighted by Crippen LogP contribution is 2.33. The van der Waals surface area contributed by atoms with E-state index in [0.29, 0.717) is 13.1 Å². The Morgan fingerprint density at radius 2 is 2.11 bits per heavy atom. The fourth-order valence-corrected chi connectivity index (χ4v) is 3.14. The van der Waals surface area contributed by atoms with Gasteiger partial charge in [-0.2, -0.15) is 0 Å². The van der Waals surface area contributed by atoms with E-state index in [-0.39, 0.29) is 23.8 Å². The lowest BCUT2D eigenvalue weighted by molar-refractivity contribution is -0.135. The number of carbonyl (C=O) groups is 2. The fourth-order valence-electron chi connectivity index (χ4n) is 3.14. The Morgan fingerprint density at radius 3 is 2.67 bits per heavy atom. The van der Waals surface area contributed by atoms with E-state index >= 15 is 0 Å². The van der Waals surface area contributed by atoms with Gasteiger partial charge >= 0.3 is 0 Å². The average Bonchev–Trinajstić information content (AvgIpc) is 2.95. The molecule has 1 saturated heterocycles. The molecule has 1 heterocycles. The molecular formula is C13H23N3O2. The molecule has 5 heteroatoms. The maximum atomic E-state index is 12.3. The van der Waals surface area contributed by atoms with E-state index in [1.54, 1.807) is 7.05 Å². The maximum Gasteiger partial charge on any atom is 0.227 e. The molecule has 2 aliphatic rings. The first-order valence-electron chi connectivity index (χ1n) is 6.73. The number of likely N-dealkylation sites (tertiary alicyclic amines) is 1. The Labute approximate surface area is 108 Å². The van der Waals surface area contributed by atoms with Gasteiger partial charge in [-0.25, -0.2) is 0 Å². The van der Waals surface area contributed by atoms with E-state index in [9.17, 15) is 9.59 Å². The van der Waals surface area contributed by atoms with Gasteiger partial charge in [-0.1, -0.05) is 0 Å². The summed E-state index contributed by atoms with van der Waals surface area (Å²) in [5, 5.41) is 2.69. The minimum Gasteiger partial charge on any atom is -0.359 e. The quantitative estimate of drug-likeness (QED) is 0.733. The van der Waals surface area contributed by atoms with Gasteiger partial charge in [0.25, 0.3) is 0 Å². The van der Waals surface area contributed by atoms with Crippen molar-refractivity contribution in [1.29, 1.82) is 0 Å². The van der Waals surface area contributed by atoms with Crippen molar-refractivity contribution in [2.24, 2.45) is 17.1 Å². The van der Waals surface area contributed by atoms with Crippen LogP contribution in [0.1, 0.15) is 32.6 Å². The largest absolute Gasteiger partial charge is 0.359 e. The summed E-state index contributed by atoms with van der Waals surface area (Å²) in [4.78, 5) is 26.0. The molecule has 0 aromatic heterocycles. The van der Waals surface area contributed by atoms with Crippen molar-refractivity contribution in [3.63, 3.8) is 0 Å². The van der Waals surface area contributed by atoms with Crippen molar-refractivity contribution >= 4 is 11.8 Å². The van der Waals surface area contributed by atoms with Crippen LogP contribution in [0.2, 0.25) is 0 Å². The predicted octanol–water partition coefficient (Wildman–Crippen LogP) is 0.0984. The molecule has 0 bridgehead atoms. The Balaban J connectivity index is 1.96. The normalized spacial score (nSPS) is 35.8. The van der Waals surface area contributed by atoms with E-state index in [1.165, 1.54) is 0 Å². The zero-order valence-electron chi connectivity index (χ0n) is 11.2. The molecule has 1 aliphatic heterocycles. The highest BCUT2D eigenvalue weighted by Gasteiger charge is 2.43. The van der Waals surface area contributed by atoms with E-state index < -0.39 is 5.41 Å². The third-order valence-electron chi connectivity index (χ3n) is 4.38. The molecule has 0 spiro atoms. The third kappa shape index (κ3) is 2.36. The molecule has 0 aromatic carbocycles. The Bertz CT molecular complexity index is 358. The van der Waals surface area contributed by atoms with Crippen molar-refractivity contribution in [3.8, 4) is 0 Å². The summed E-state index contributed by atoms with van der Waals surface area (Å²) in [5.74, 6) is 0.295. The van der Waals surface area contributed by atoms with E-state index in [0.717, 1.165) is 25.7 Å². The number of nitrogens with one attached hydrogen (secondary N) is 1. The van der Waals surface area contributed by atoms with Crippen LogP contribution in [0.4, 0.5) is 0 Å². The van der Waals surface area contributed by atoms with Crippen LogP contribution in [0.25, 0.3) is 0 Å². The minimum atomic E-state index is -0.425. The van der Waals surface area contributed by atoms with Crippen molar-refractivity contribution < 1.29 is 9.59 Å². The molecule has 0 radical (unpaired) electrons. The van der Waals surface area contributed by atoms with Crippen LogP contribution in [0.3, 0.4) is 0 Å². The SMILES string of the molecule is CNC(=O)C1(C)CCN(C(=O)C2CCC(N)C2)C1. The summed E-state index contributed by atoms with van der Waals surface area (Å²) >= 11 is 0. The van der Waals surface area contributed by atoms with Gasteiger partial charge in [-0.05, 0) is 32.6 Å². The Kier molecular flexibility index (Phi) is 3.61. The molecule has 2 rings (SSSR count). The van der Waals surface area contributed by atoms with Gasteiger partial charge in [0.1, 0.15) is 0 Å². The van der Waals surface area contributed by atoms with Gasteiger partial charge in [0.05, 0.1) is 5.41 Å². The van der Waals surface area contributed by atoms with Gasteiger partial charge in [-0.3, -0.25) is 9.59 Å². The monoisotopic (exact) mass is 253 g/mol. The molecular weight excluding hydrogens is 230 g/mol. The van der Waals surface area contributed by atoms with Crippen LogP contribution in [0.15, 0.2) is 0 Å². The van der Waals surface area contributed by atoms with Gasteiger partial charge in [0, 0.05) is 32.1 Å². The first-order chi connectivity index (χ1) is 8.46. The van der Waals surface area contributed by atoms with Crippen LogP contribution in [-0.2, 0) is 9.59 Å². The minimum absolute atomic E-state index is 0.0286. The molecule has 18 heavy (non-hydrogen) atoms. The highest BCUT2D eigenvalue weighted by atomic mass is 16.2. The smallest absolute Gasteiger partial charge is 0.227 e. The second kappa shape index (κ2) is 4.88. The van der Waals surface area contributed by atoms with Crippen LogP contribution in [-0.4, -0.2) is 42.9 Å². The number of rotatable bonds is 2. The first kappa shape index (κ1) is 13.3. The summed E-state index contributed by atoms with van der Waals surface area (Å²) in [7, 11) is 1.65. The maximum absolute atomic E-state index is 12.3. The van der Waals surface area contributed by atoms with E-state index in [1.807, 2.05) is 11.8 Å². The third-order valence-corrected chi connectivity index (χ3v) is 4.38. The number of hydrogen-bond donors (Lipinski definition) is 2. The number of nitrogens with zero attached hydrogens (tertiary/aromatic N) is 1. The van der Waals surface area contributed by atoms with Gasteiger partial charge in [0.2, 0.25) is 11.8 Å². The molecule has 102 valence electrons. The molecule has 3 N–H and O–H groups in total. The number of nitrogens with two attached hydrogens (primary N) is 1. The molecule has 1 aliphatic carbocycles. The molecule has 5 nitrogen and oxygen atoms in total. The lowest BCUT2D eigenvalue weighted by Crippen LogP contribution is -2.41. The van der Waals surface area contributed by atoms with Gasteiger partial charge < -0.3 is 16.0 Å². The van der Waals surface area contributed by atoms with Crippen molar-refractivity contribution in [2.75, 3.05) is 20.1 Å². The summed E-state index contributed by atoms with van der Waals surface area (Å²) in [5.41, 5.74) is 5.42. The molecule has 3 atom stereocenters. The topological polar surface area (TPSA) is 75.4 Å². The molecule has 0 aromatic rings. The van der Waals surface area contributed by atoms with Crippen LogP contribution in [0.5, 0.6) is 0 Å². The standard InChI is InChI=1S/C13H23N3O2/c1-13(12(18)15-2)5-6-16(8-13)11(17)9-3-4-10(14)7-9/h9-10H,3-8,14H2,1-2H3,(H,15,18). The molecule has 1 saturated carbocycles. The van der Waals surface area contributed by atoms with Crippen molar-refractivity contribution in [2.45, 2.75) is 38.6 Å². The summed E-state index contributed by atoms with van der Waals surface area (Å²) < 4.78 is 0. The lowest BCUT2D eigenvalue weighted by Gasteiger charge is -2.24. The zero-order chi connectivity index (χ0) is 13.3. The number of hydrogen-bond acceptors (Lipinski definition) is 3. The summed E-state index contributed by atoms with van der Waals surface area (Å²) in [6.45, 7) is 3.16. The summed E-state index contributed by atoms with van der Waals surface area (Å²) in [6.07, 6.45) is 3.38. The van der Waals surface area contributed by atoms with E-state index in [4.69, 9.17) is 5.73 Å². The van der Waals surface area contributed by atoms with Crippen LogP contribution >= 0.6 is 0 Å². The van der Waals surface area contributed by atoms with E-state index in [2.05, 4.69) is 5.32 Å². The Hall–Kier alpha value is -1.10. The first-order valence-corrected chi connectivity index (χ1v) is 6.73. The number of carbonyl (C=O) groups excluding carboxylic acids is 2. The average molecular weight is 253 g/mol. The van der Waals surface area contributed by atoms with Crippen LogP contribution < -0.4 is 11.1 Å². The van der Waals surface area contributed by atoms with Crippen LogP contribution in [0, 0.1) is 11.3 Å². The second-order valence-corrected chi connectivity index (χ2v) is 5.92. The van der Waals surface area contributed by atoms with Gasteiger partial charge in [0.15, 0.2) is 0 Å². The predicted molar refractivity (Wildman–Crippen MR) is 68.7 cm³/mol. The highest BCUT2D eigenvalue weighted by molar-refractivity contribution is 5.85. The van der Waals surface area contributed by atoms with Crippen molar-refractivity contribution in [3.05, 3.63) is 0 Å². The van der Waals surface area contributed by atoms with Crippen molar-refractivity contribution in [1.82, 2.24) is 10.2 Å². The second-order valence-electron chi connectivity index (χ2n) is 5.92. The van der Waals surface area contributed by atoms with Gasteiger partial charge in [-0.15, -0.1) is 0 Å². The number of amides is 2. The lowest BCUT2D eigenvalue weighted by atomic mass is 9.89. The zero-order valence-corrected chi connectivity index (χ0v) is 11.2. The molecule has 2 fully saturated rings. The fraction of sp³-hybridized carbons (Fsp3) is 0.846.